The average Bonchev–Trinajstić information content (AvgIpc) is 2.27. The van der Waals surface area contributed by atoms with Gasteiger partial charge < -0.3 is 9.84 Å². The smallest absolute Gasteiger partial charge is 0.0830 e. The molecule has 0 amide bonds. The van der Waals surface area contributed by atoms with Gasteiger partial charge in [-0.2, -0.15) is 0 Å². The van der Waals surface area contributed by atoms with E-state index in [1.165, 1.54) is 32.1 Å². The maximum atomic E-state index is 10.1. The summed E-state index contributed by atoms with van der Waals surface area (Å²) in [6, 6.07) is 0. The third-order valence-corrected chi connectivity index (χ3v) is 3.60. The molecule has 15 heavy (non-hydrogen) atoms. The van der Waals surface area contributed by atoms with Crippen LogP contribution >= 0.6 is 0 Å². The third kappa shape index (κ3) is 4.52. The molecule has 1 fully saturated rings. The van der Waals surface area contributed by atoms with Crippen LogP contribution in [0.4, 0.5) is 0 Å². The second-order valence-corrected chi connectivity index (χ2v) is 4.87. The third-order valence-electron chi connectivity index (χ3n) is 3.60. The summed E-state index contributed by atoms with van der Waals surface area (Å²) in [5.41, 5.74) is 0. The van der Waals surface area contributed by atoms with Gasteiger partial charge in [0.25, 0.3) is 0 Å². The monoisotopic (exact) mass is 214 g/mol. The summed E-state index contributed by atoms with van der Waals surface area (Å²) in [4.78, 5) is 0. The Morgan fingerprint density at radius 2 is 1.93 bits per heavy atom. The lowest BCUT2D eigenvalue weighted by Crippen LogP contribution is -2.30. The number of methoxy groups -OCH3 is 1. The van der Waals surface area contributed by atoms with Gasteiger partial charge in [-0.3, -0.25) is 0 Å². The Kier molecular flexibility index (Phi) is 6.26. The van der Waals surface area contributed by atoms with Gasteiger partial charge in [-0.05, 0) is 18.8 Å². The standard InChI is InChI=1S/C13H26O2/c1-3-7-13(15-2)12(14)10-11-8-5-4-6-9-11/h11-14H,3-10H2,1-2H3. The summed E-state index contributed by atoms with van der Waals surface area (Å²) in [6.07, 6.45) is 9.50. The molecule has 0 aromatic heterocycles. The predicted octanol–water partition coefficient (Wildman–Crippen LogP) is 3.13. The Morgan fingerprint density at radius 3 is 2.47 bits per heavy atom. The van der Waals surface area contributed by atoms with Crippen molar-refractivity contribution in [1.29, 1.82) is 0 Å². The quantitative estimate of drug-likeness (QED) is 0.736. The molecule has 0 bridgehead atoms. The van der Waals surface area contributed by atoms with E-state index in [0.29, 0.717) is 0 Å². The molecule has 0 aromatic rings. The summed E-state index contributed by atoms with van der Waals surface area (Å²) < 4.78 is 5.34. The number of aliphatic hydroxyl groups is 1. The van der Waals surface area contributed by atoms with Gasteiger partial charge in [0.15, 0.2) is 0 Å². The number of hydrogen-bond acceptors (Lipinski definition) is 2. The van der Waals surface area contributed by atoms with E-state index in [2.05, 4.69) is 6.92 Å². The largest absolute Gasteiger partial charge is 0.390 e. The van der Waals surface area contributed by atoms with Gasteiger partial charge in [-0.1, -0.05) is 45.4 Å². The van der Waals surface area contributed by atoms with E-state index < -0.39 is 0 Å². The van der Waals surface area contributed by atoms with Gasteiger partial charge in [-0.15, -0.1) is 0 Å². The molecule has 1 aliphatic rings. The maximum Gasteiger partial charge on any atom is 0.0830 e. The first-order valence-corrected chi connectivity index (χ1v) is 6.48. The van der Waals surface area contributed by atoms with Crippen molar-refractivity contribution in [3.63, 3.8) is 0 Å². The number of aliphatic hydroxyl groups excluding tert-OH is 1. The van der Waals surface area contributed by atoms with E-state index in [-0.39, 0.29) is 12.2 Å². The van der Waals surface area contributed by atoms with Gasteiger partial charge in [0.05, 0.1) is 12.2 Å². The molecule has 1 N–H and O–H groups in total. The van der Waals surface area contributed by atoms with Crippen molar-refractivity contribution in [3.8, 4) is 0 Å². The van der Waals surface area contributed by atoms with Crippen LogP contribution in [-0.4, -0.2) is 24.4 Å². The first-order valence-electron chi connectivity index (χ1n) is 6.48. The zero-order valence-corrected chi connectivity index (χ0v) is 10.2. The molecule has 2 nitrogen and oxygen atoms in total. The van der Waals surface area contributed by atoms with Crippen LogP contribution in [0.5, 0.6) is 0 Å². The van der Waals surface area contributed by atoms with Crippen molar-refractivity contribution in [1.82, 2.24) is 0 Å². The van der Waals surface area contributed by atoms with E-state index in [0.717, 1.165) is 25.2 Å². The van der Waals surface area contributed by atoms with Gasteiger partial charge >= 0.3 is 0 Å². The molecule has 1 rings (SSSR count). The lowest BCUT2D eigenvalue weighted by molar-refractivity contribution is -0.0295. The number of hydrogen-bond donors (Lipinski definition) is 1. The van der Waals surface area contributed by atoms with E-state index in [1.54, 1.807) is 7.11 Å². The number of ether oxygens (including phenoxy) is 1. The normalized spacial score (nSPS) is 22.6. The van der Waals surface area contributed by atoms with Crippen LogP contribution in [0, 0.1) is 5.92 Å². The SMILES string of the molecule is CCCC(OC)C(O)CC1CCCCC1. The lowest BCUT2D eigenvalue weighted by atomic mass is 9.84. The Labute approximate surface area is 94.0 Å². The highest BCUT2D eigenvalue weighted by atomic mass is 16.5. The highest BCUT2D eigenvalue weighted by molar-refractivity contribution is 4.75. The minimum Gasteiger partial charge on any atom is -0.390 e. The minimum absolute atomic E-state index is 0.0527. The molecule has 0 saturated heterocycles. The first kappa shape index (κ1) is 13.0. The molecule has 1 saturated carbocycles. The molecule has 0 radical (unpaired) electrons. The van der Waals surface area contributed by atoms with Crippen molar-refractivity contribution < 1.29 is 9.84 Å². The van der Waals surface area contributed by atoms with E-state index in [4.69, 9.17) is 4.74 Å². The summed E-state index contributed by atoms with van der Waals surface area (Å²) in [6.45, 7) is 2.14. The fourth-order valence-corrected chi connectivity index (χ4v) is 2.67. The fourth-order valence-electron chi connectivity index (χ4n) is 2.67. The minimum atomic E-state index is -0.252. The van der Waals surface area contributed by atoms with Crippen molar-refractivity contribution in [2.75, 3.05) is 7.11 Å². The number of rotatable bonds is 6. The summed E-state index contributed by atoms with van der Waals surface area (Å²) in [7, 11) is 1.71. The first-order chi connectivity index (χ1) is 7.27. The Balaban J connectivity index is 2.27. The zero-order valence-electron chi connectivity index (χ0n) is 10.2. The molecular formula is C13H26O2. The van der Waals surface area contributed by atoms with Gasteiger partial charge in [0.2, 0.25) is 0 Å². The van der Waals surface area contributed by atoms with E-state index in [1.807, 2.05) is 0 Å². The molecule has 0 aromatic carbocycles. The fraction of sp³-hybridized carbons (Fsp3) is 1.00. The highest BCUT2D eigenvalue weighted by Gasteiger charge is 2.23. The molecule has 2 heteroatoms. The lowest BCUT2D eigenvalue weighted by Gasteiger charge is -2.27. The van der Waals surface area contributed by atoms with Crippen LogP contribution in [-0.2, 0) is 4.74 Å². The zero-order chi connectivity index (χ0) is 11.1. The summed E-state index contributed by atoms with van der Waals surface area (Å²) in [5.74, 6) is 0.739. The predicted molar refractivity (Wildman–Crippen MR) is 62.9 cm³/mol. The van der Waals surface area contributed by atoms with E-state index in [9.17, 15) is 5.11 Å². The highest BCUT2D eigenvalue weighted by Crippen LogP contribution is 2.28. The van der Waals surface area contributed by atoms with Crippen LogP contribution in [0.25, 0.3) is 0 Å². The average molecular weight is 214 g/mol. The topological polar surface area (TPSA) is 29.5 Å². The molecule has 2 unspecified atom stereocenters. The van der Waals surface area contributed by atoms with Crippen LogP contribution in [0.1, 0.15) is 58.3 Å². The van der Waals surface area contributed by atoms with Gasteiger partial charge in [0, 0.05) is 7.11 Å². The van der Waals surface area contributed by atoms with Crippen molar-refractivity contribution in [3.05, 3.63) is 0 Å². The Bertz CT molecular complexity index is 153. The molecule has 90 valence electrons. The Morgan fingerprint density at radius 1 is 1.27 bits per heavy atom. The van der Waals surface area contributed by atoms with Crippen LogP contribution in [0.15, 0.2) is 0 Å². The summed E-state index contributed by atoms with van der Waals surface area (Å²) >= 11 is 0. The van der Waals surface area contributed by atoms with Crippen LogP contribution in [0.2, 0.25) is 0 Å². The van der Waals surface area contributed by atoms with Crippen molar-refractivity contribution in [2.45, 2.75) is 70.5 Å². The van der Waals surface area contributed by atoms with Gasteiger partial charge in [0.1, 0.15) is 0 Å². The second-order valence-electron chi connectivity index (χ2n) is 4.87. The second kappa shape index (κ2) is 7.24. The molecule has 2 atom stereocenters. The van der Waals surface area contributed by atoms with Crippen LogP contribution < -0.4 is 0 Å². The molecule has 1 aliphatic carbocycles. The molecule has 0 spiro atoms. The maximum absolute atomic E-state index is 10.1. The van der Waals surface area contributed by atoms with Crippen LogP contribution in [0.3, 0.4) is 0 Å². The Hall–Kier alpha value is -0.0800. The molecule has 0 aliphatic heterocycles. The van der Waals surface area contributed by atoms with Gasteiger partial charge in [-0.25, -0.2) is 0 Å². The van der Waals surface area contributed by atoms with Crippen molar-refractivity contribution >= 4 is 0 Å². The van der Waals surface area contributed by atoms with E-state index >= 15 is 0 Å². The molecule has 0 heterocycles. The van der Waals surface area contributed by atoms with Crippen molar-refractivity contribution in [2.24, 2.45) is 5.92 Å². The molecular weight excluding hydrogens is 188 g/mol. The summed E-state index contributed by atoms with van der Waals surface area (Å²) in [5, 5.41) is 10.1.